The molecule has 0 aromatic carbocycles. The molecule has 1 aliphatic rings. The Morgan fingerprint density at radius 1 is 1.56 bits per heavy atom. The first-order valence-corrected chi connectivity index (χ1v) is 5.64. The molecule has 1 saturated heterocycles. The Balaban J connectivity index is 1.99. The summed E-state index contributed by atoms with van der Waals surface area (Å²) >= 11 is 0. The van der Waals surface area contributed by atoms with E-state index in [1.165, 1.54) is 17.4 Å². The Morgan fingerprint density at radius 2 is 2.38 bits per heavy atom. The van der Waals surface area contributed by atoms with Crippen molar-refractivity contribution >= 4 is 5.82 Å². The van der Waals surface area contributed by atoms with E-state index in [1.54, 1.807) is 19.4 Å². The fourth-order valence-electron chi connectivity index (χ4n) is 2.07. The maximum Gasteiger partial charge on any atom is 0.293 e. The highest BCUT2D eigenvalue weighted by Crippen LogP contribution is 2.14. The highest BCUT2D eigenvalue weighted by atomic mass is 16.1. The number of rotatable bonds is 3. The lowest BCUT2D eigenvalue weighted by atomic mass is 10.2. The predicted octanol–water partition coefficient (Wildman–Crippen LogP) is 0.286. The van der Waals surface area contributed by atoms with E-state index in [9.17, 15) is 4.79 Å². The molecule has 0 saturated carbocycles. The maximum atomic E-state index is 11.7. The molecule has 1 aromatic heterocycles. The van der Waals surface area contributed by atoms with E-state index in [4.69, 9.17) is 0 Å². The topological polar surface area (TPSA) is 50.2 Å². The molecule has 1 aliphatic heterocycles. The summed E-state index contributed by atoms with van der Waals surface area (Å²) in [5.74, 6) is 0.449. The standard InChI is InChI=1S/C11H18N4O/c1-14-6-3-4-9(14)8-13-10-11(16)15(2)7-5-12-10/h5,7,9H,3-4,6,8H2,1-2H3,(H,12,13). The van der Waals surface area contributed by atoms with Crippen LogP contribution in [0.3, 0.4) is 0 Å². The summed E-state index contributed by atoms with van der Waals surface area (Å²) in [4.78, 5) is 18.1. The van der Waals surface area contributed by atoms with E-state index in [-0.39, 0.29) is 5.56 Å². The van der Waals surface area contributed by atoms with Crippen LogP contribution in [0.5, 0.6) is 0 Å². The molecule has 0 spiro atoms. The van der Waals surface area contributed by atoms with Crippen LogP contribution in [0.1, 0.15) is 12.8 Å². The highest BCUT2D eigenvalue weighted by molar-refractivity contribution is 5.30. The van der Waals surface area contributed by atoms with Crippen LogP contribution in [0.15, 0.2) is 17.2 Å². The van der Waals surface area contributed by atoms with Gasteiger partial charge in [0.25, 0.3) is 5.56 Å². The first-order valence-electron chi connectivity index (χ1n) is 5.64. The zero-order chi connectivity index (χ0) is 11.5. The molecule has 5 nitrogen and oxygen atoms in total. The SMILES string of the molecule is CN1CCCC1CNc1nccn(C)c1=O. The van der Waals surface area contributed by atoms with Crippen LogP contribution in [0.2, 0.25) is 0 Å². The first kappa shape index (κ1) is 11.1. The van der Waals surface area contributed by atoms with Crippen LogP contribution in [-0.2, 0) is 7.05 Å². The second-order valence-electron chi connectivity index (χ2n) is 4.35. The lowest BCUT2D eigenvalue weighted by molar-refractivity contribution is 0.322. The molecule has 1 fully saturated rings. The quantitative estimate of drug-likeness (QED) is 0.798. The second-order valence-corrected chi connectivity index (χ2v) is 4.35. The monoisotopic (exact) mass is 222 g/mol. The van der Waals surface area contributed by atoms with E-state index >= 15 is 0 Å². The minimum atomic E-state index is -0.0665. The number of hydrogen-bond acceptors (Lipinski definition) is 4. The number of nitrogens with one attached hydrogen (secondary N) is 1. The minimum absolute atomic E-state index is 0.0665. The molecule has 2 heterocycles. The highest BCUT2D eigenvalue weighted by Gasteiger charge is 2.20. The molecular formula is C11H18N4O. The van der Waals surface area contributed by atoms with Crippen LogP contribution >= 0.6 is 0 Å². The van der Waals surface area contributed by atoms with Crippen molar-refractivity contribution in [3.63, 3.8) is 0 Å². The summed E-state index contributed by atoms with van der Waals surface area (Å²) in [6.45, 7) is 1.94. The van der Waals surface area contributed by atoms with Crippen molar-refractivity contribution in [3.05, 3.63) is 22.7 Å². The van der Waals surface area contributed by atoms with Gasteiger partial charge in [-0.1, -0.05) is 0 Å². The van der Waals surface area contributed by atoms with E-state index in [0.717, 1.165) is 13.1 Å². The van der Waals surface area contributed by atoms with Crippen molar-refractivity contribution < 1.29 is 0 Å². The summed E-state index contributed by atoms with van der Waals surface area (Å²) in [5.41, 5.74) is -0.0665. The Kier molecular flexibility index (Phi) is 3.24. The molecule has 88 valence electrons. The van der Waals surface area contributed by atoms with Gasteiger partial charge in [-0.05, 0) is 26.4 Å². The Hall–Kier alpha value is -1.36. The number of likely N-dealkylation sites (tertiary alicyclic amines) is 1. The third kappa shape index (κ3) is 2.24. The van der Waals surface area contributed by atoms with E-state index in [2.05, 4.69) is 22.2 Å². The average Bonchev–Trinajstić information content (AvgIpc) is 2.67. The molecule has 0 radical (unpaired) electrons. The van der Waals surface area contributed by atoms with E-state index in [1.807, 2.05) is 0 Å². The van der Waals surface area contributed by atoms with Gasteiger partial charge in [0.1, 0.15) is 0 Å². The number of nitrogens with zero attached hydrogens (tertiary/aromatic N) is 3. The Bertz CT molecular complexity index is 415. The van der Waals surface area contributed by atoms with Crippen LogP contribution < -0.4 is 10.9 Å². The summed E-state index contributed by atoms with van der Waals surface area (Å²) < 4.78 is 1.54. The largest absolute Gasteiger partial charge is 0.364 e. The van der Waals surface area contributed by atoms with Crippen molar-refractivity contribution in [1.82, 2.24) is 14.5 Å². The number of aromatic nitrogens is 2. The third-order valence-electron chi connectivity index (χ3n) is 3.19. The molecule has 2 rings (SSSR count). The molecule has 5 heteroatoms. The van der Waals surface area contributed by atoms with Crippen LogP contribution in [0, 0.1) is 0 Å². The van der Waals surface area contributed by atoms with Gasteiger partial charge < -0.3 is 14.8 Å². The van der Waals surface area contributed by atoms with Crippen molar-refractivity contribution in [2.24, 2.45) is 7.05 Å². The summed E-state index contributed by atoms with van der Waals surface area (Å²) in [5, 5.41) is 3.14. The van der Waals surface area contributed by atoms with Crippen molar-refractivity contribution in [3.8, 4) is 0 Å². The number of aryl methyl sites for hydroxylation is 1. The van der Waals surface area contributed by atoms with Gasteiger partial charge in [0, 0.05) is 32.0 Å². The number of anilines is 1. The Morgan fingerprint density at radius 3 is 3.06 bits per heavy atom. The van der Waals surface area contributed by atoms with Crippen molar-refractivity contribution in [1.29, 1.82) is 0 Å². The maximum absolute atomic E-state index is 11.7. The van der Waals surface area contributed by atoms with Crippen molar-refractivity contribution in [2.45, 2.75) is 18.9 Å². The summed E-state index contributed by atoms with van der Waals surface area (Å²) in [7, 11) is 3.85. The zero-order valence-electron chi connectivity index (χ0n) is 9.81. The smallest absolute Gasteiger partial charge is 0.293 e. The van der Waals surface area contributed by atoms with Gasteiger partial charge in [-0.15, -0.1) is 0 Å². The summed E-state index contributed by atoms with van der Waals surface area (Å²) in [6.07, 6.45) is 5.73. The lowest BCUT2D eigenvalue weighted by Crippen LogP contribution is -2.33. The van der Waals surface area contributed by atoms with Gasteiger partial charge in [0.05, 0.1) is 0 Å². The molecule has 16 heavy (non-hydrogen) atoms. The van der Waals surface area contributed by atoms with Gasteiger partial charge in [0.2, 0.25) is 0 Å². The van der Waals surface area contributed by atoms with Gasteiger partial charge >= 0.3 is 0 Å². The van der Waals surface area contributed by atoms with E-state index < -0.39 is 0 Å². The number of likely N-dealkylation sites (N-methyl/N-ethyl adjacent to an activating group) is 1. The van der Waals surface area contributed by atoms with Gasteiger partial charge in [-0.25, -0.2) is 4.98 Å². The average molecular weight is 222 g/mol. The predicted molar refractivity (Wildman–Crippen MR) is 63.6 cm³/mol. The summed E-state index contributed by atoms with van der Waals surface area (Å²) in [6, 6.07) is 0.520. The minimum Gasteiger partial charge on any atom is -0.364 e. The fraction of sp³-hybridized carbons (Fsp3) is 0.636. The van der Waals surface area contributed by atoms with Crippen LogP contribution in [-0.4, -0.2) is 40.6 Å². The first-order chi connectivity index (χ1) is 7.68. The van der Waals surface area contributed by atoms with Crippen LogP contribution in [0.25, 0.3) is 0 Å². The zero-order valence-corrected chi connectivity index (χ0v) is 9.81. The molecule has 0 aliphatic carbocycles. The molecule has 1 unspecified atom stereocenters. The third-order valence-corrected chi connectivity index (χ3v) is 3.19. The molecule has 1 N–H and O–H groups in total. The fourth-order valence-corrected chi connectivity index (χ4v) is 2.07. The molecule has 1 atom stereocenters. The van der Waals surface area contributed by atoms with Gasteiger partial charge in [0.15, 0.2) is 5.82 Å². The number of hydrogen-bond donors (Lipinski definition) is 1. The van der Waals surface area contributed by atoms with Gasteiger partial charge in [-0.3, -0.25) is 4.79 Å². The normalized spacial score (nSPS) is 21.2. The second kappa shape index (κ2) is 4.65. The molecule has 0 bridgehead atoms. The molecule has 0 amide bonds. The van der Waals surface area contributed by atoms with E-state index in [0.29, 0.717) is 11.9 Å². The molecule has 1 aromatic rings. The van der Waals surface area contributed by atoms with Crippen LogP contribution in [0.4, 0.5) is 5.82 Å². The Labute approximate surface area is 95.1 Å². The van der Waals surface area contributed by atoms with Crippen molar-refractivity contribution in [2.75, 3.05) is 25.5 Å². The van der Waals surface area contributed by atoms with Gasteiger partial charge in [-0.2, -0.15) is 0 Å². The lowest BCUT2D eigenvalue weighted by Gasteiger charge is -2.19. The molecular weight excluding hydrogens is 204 g/mol.